The molecule has 0 aliphatic heterocycles. The lowest BCUT2D eigenvalue weighted by Crippen LogP contribution is -2.18. The first-order chi connectivity index (χ1) is 11.7. The van der Waals surface area contributed by atoms with Gasteiger partial charge in [0, 0.05) is 10.4 Å². The van der Waals surface area contributed by atoms with E-state index in [9.17, 15) is 18.0 Å². The summed E-state index contributed by atoms with van der Waals surface area (Å²) in [6.45, 7) is 1.87. The molecule has 2 aromatic carbocycles. The molecule has 0 aliphatic rings. The van der Waals surface area contributed by atoms with E-state index >= 15 is 0 Å². The molecule has 8 heteroatoms. The summed E-state index contributed by atoms with van der Waals surface area (Å²) in [4.78, 5) is 12.2. The van der Waals surface area contributed by atoms with E-state index in [0.717, 1.165) is 17.7 Å². The summed E-state index contributed by atoms with van der Waals surface area (Å²) in [5.41, 5.74) is 0.462. The molecule has 25 heavy (non-hydrogen) atoms. The Morgan fingerprint density at radius 2 is 2.00 bits per heavy atom. The van der Waals surface area contributed by atoms with Crippen molar-refractivity contribution in [3.05, 3.63) is 58.2 Å². The predicted molar refractivity (Wildman–Crippen MR) is 87.5 cm³/mol. The van der Waals surface area contributed by atoms with Crippen LogP contribution in [0.5, 0.6) is 0 Å². The Kier molecular flexibility index (Phi) is 4.43. The monoisotopic (exact) mass is 368 g/mol. The van der Waals surface area contributed by atoms with Gasteiger partial charge in [0.05, 0.1) is 17.7 Å². The second-order valence-electron chi connectivity index (χ2n) is 5.54. The fourth-order valence-corrected chi connectivity index (χ4v) is 2.61. The molecule has 1 amide bonds. The largest absolute Gasteiger partial charge is 0.418 e. The zero-order valence-corrected chi connectivity index (χ0v) is 13.7. The lowest BCUT2D eigenvalue weighted by Gasteiger charge is -2.13. The number of carbonyl (C=O) groups excluding carboxylic acids is 1. The molecule has 0 saturated carbocycles. The average molecular weight is 369 g/mol. The first-order valence-electron chi connectivity index (χ1n) is 7.25. The number of aromatic nitrogens is 1. The van der Waals surface area contributed by atoms with Gasteiger partial charge in [-0.15, -0.1) is 0 Å². The van der Waals surface area contributed by atoms with Gasteiger partial charge in [-0.05, 0) is 37.3 Å². The van der Waals surface area contributed by atoms with Gasteiger partial charge in [-0.1, -0.05) is 28.4 Å². The van der Waals surface area contributed by atoms with Gasteiger partial charge in [0.1, 0.15) is 5.69 Å². The van der Waals surface area contributed by atoms with Crippen LogP contribution < -0.4 is 5.32 Å². The van der Waals surface area contributed by atoms with Crippen molar-refractivity contribution in [2.24, 2.45) is 0 Å². The van der Waals surface area contributed by atoms with Crippen molar-refractivity contribution in [3.63, 3.8) is 0 Å². The normalized spacial score (nSPS) is 11.7. The second kappa shape index (κ2) is 6.40. The quantitative estimate of drug-likeness (QED) is 0.708. The van der Waals surface area contributed by atoms with Crippen LogP contribution in [0.2, 0.25) is 5.02 Å². The summed E-state index contributed by atoms with van der Waals surface area (Å²) in [5.74, 6) is -0.635. The van der Waals surface area contributed by atoms with E-state index in [0.29, 0.717) is 16.7 Å². The van der Waals surface area contributed by atoms with Crippen LogP contribution in [0.4, 0.5) is 18.9 Å². The van der Waals surface area contributed by atoms with Crippen molar-refractivity contribution in [1.82, 2.24) is 5.16 Å². The lowest BCUT2D eigenvalue weighted by molar-refractivity contribution is -0.137. The summed E-state index contributed by atoms with van der Waals surface area (Å²) in [6, 6.07) is 8.53. The van der Waals surface area contributed by atoms with Gasteiger partial charge in [-0.3, -0.25) is 4.79 Å². The van der Waals surface area contributed by atoms with Gasteiger partial charge in [-0.25, -0.2) is 0 Å². The standard InChI is InChI=1S/C17H12ClF3N2O2/c1-9-2-5-15-11(6-9)14(23-25-15)8-16(24)22-13-4-3-10(18)7-12(13)17(19,20)21/h2-7H,8H2,1H3,(H,22,24). The number of halogens is 4. The van der Waals surface area contributed by atoms with E-state index in [4.69, 9.17) is 16.1 Å². The van der Waals surface area contributed by atoms with Crippen LogP contribution in [-0.2, 0) is 17.4 Å². The molecule has 1 N–H and O–H groups in total. The highest BCUT2D eigenvalue weighted by Crippen LogP contribution is 2.36. The summed E-state index contributed by atoms with van der Waals surface area (Å²) in [7, 11) is 0. The molecule has 1 heterocycles. The Morgan fingerprint density at radius 3 is 2.72 bits per heavy atom. The third-order valence-corrected chi connectivity index (χ3v) is 3.82. The number of anilines is 1. The minimum atomic E-state index is -4.63. The van der Waals surface area contributed by atoms with E-state index in [1.54, 1.807) is 12.1 Å². The lowest BCUT2D eigenvalue weighted by atomic mass is 10.1. The van der Waals surface area contributed by atoms with Gasteiger partial charge in [0.2, 0.25) is 5.91 Å². The highest BCUT2D eigenvalue weighted by Gasteiger charge is 2.34. The molecule has 1 aromatic heterocycles. The van der Waals surface area contributed by atoms with Crippen molar-refractivity contribution in [2.45, 2.75) is 19.5 Å². The molecule has 3 aromatic rings. The van der Waals surface area contributed by atoms with Gasteiger partial charge in [0.25, 0.3) is 0 Å². The Balaban J connectivity index is 1.84. The van der Waals surface area contributed by atoms with Crippen LogP contribution in [0.3, 0.4) is 0 Å². The average Bonchev–Trinajstić information content (AvgIpc) is 2.90. The Bertz CT molecular complexity index is 951. The molecular formula is C17H12ClF3N2O2. The minimum absolute atomic E-state index is 0.0664. The van der Waals surface area contributed by atoms with Crippen molar-refractivity contribution in [3.8, 4) is 0 Å². The van der Waals surface area contributed by atoms with Gasteiger partial charge in [0.15, 0.2) is 5.58 Å². The van der Waals surface area contributed by atoms with Gasteiger partial charge < -0.3 is 9.84 Å². The second-order valence-corrected chi connectivity index (χ2v) is 5.98. The van der Waals surface area contributed by atoms with Crippen molar-refractivity contribution in [2.75, 3.05) is 5.32 Å². The number of nitrogens with one attached hydrogen (secondary N) is 1. The van der Waals surface area contributed by atoms with E-state index in [-0.39, 0.29) is 17.1 Å². The van der Waals surface area contributed by atoms with Crippen LogP contribution in [0.1, 0.15) is 16.8 Å². The maximum absolute atomic E-state index is 13.1. The molecule has 0 fully saturated rings. The van der Waals surface area contributed by atoms with Crippen LogP contribution >= 0.6 is 11.6 Å². The number of hydrogen-bond acceptors (Lipinski definition) is 3. The zero-order valence-electron chi connectivity index (χ0n) is 12.9. The summed E-state index contributed by atoms with van der Waals surface area (Å²) >= 11 is 5.62. The maximum atomic E-state index is 13.1. The number of aryl methyl sites for hydroxylation is 1. The predicted octanol–water partition coefficient (Wildman–Crippen LogP) is 4.99. The smallest absolute Gasteiger partial charge is 0.356 e. The number of fused-ring (bicyclic) bond motifs is 1. The van der Waals surface area contributed by atoms with Crippen molar-refractivity contribution in [1.29, 1.82) is 0 Å². The molecule has 0 aliphatic carbocycles. The molecule has 4 nitrogen and oxygen atoms in total. The number of alkyl halides is 3. The third kappa shape index (κ3) is 3.76. The Morgan fingerprint density at radius 1 is 1.24 bits per heavy atom. The number of carbonyl (C=O) groups is 1. The van der Waals surface area contributed by atoms with Crippen molar-refractivity contribution >= 4 is 34.2 Å². The molecule has 0 bridgehead atoms. The van der Waals surface area contributed by atoms with Crippen LogP contribution in [0.25, 0.3) is 11.0 Å². The van der Waals surface area contributed by atoms with Crippen LogP contribution in [0.15, 0.2) is 40.9 Å². The summed E-state index contributed by atoms with van der Waals surface area (Å²) in [6.07, 6.45) is -4.85. The third-order valence-electron chi connectivity index (χ3n) is 3.59. The number of amides is 1. The summed E-state index contributed by atoms with van der Waals surface area (Å²) in [5, 5.41) is 6.68. The number of nitrogens with zero attached hydrogens (tertiary/aromatic N) is 1. The van der Waals surface area contributed by atoms with Crippen molar-refractivity contribution < 1.29 is 22.5 Å². The first-order valence-corrected chi connectivity index (χ1v) is 7.63. The van der Waals surface area contributed by atoms with E-state index in [1.807, 2.05) is 13.0 Å². The SMILES string of the molecule is Cc1ccc2onc(CC(=O)Nc3ccc(Cl)cc3C(F)(F)F)c2c1. The molecule has 130 valence electrons. The molecule has 0 radical (unpaired) electrons. The van der Waals surface area contributed by atoms with Gasteiger partial charge >= 0.3 is 6.18 Å². The topological polar surface area (TPSA) is 55.1 Å². The number of hydrogen-bond donors (Lipinski definition) is 1. The fraction of sp³-hybridized carbons (Fsp3) is 0.176. The minimum Gasteiger partial charge on any atom is -0.356 e. The fourth-order valence-electron chi connectivity index (χ4n) is 2.44. The van der Waals surface area contributed by atoms with Gasteiger partial charge in [-0.2, -0.15) is 13.2 Å². The molecule has 0 unspecified atom stereocenters. The van der Waals surface area contributed by atoms with E-state index in [2.05, 4.69) is 10.5 Å². The molecule has 3 rings (SSSR count). The maximum Gasteiger partial charge on any atom is 0.418 e. The molecule has 0 atom stereocenters. The molecule has 0 saturated heterocycles. The Hall–Kier alpha value is -2.54. The van der Waals surface area contributed by atoms with E-state index in [1.165, 1.54) is 6.07 Å². The van der Waals surface area contributed by atoms with Crippen LogP contribution in [0, 0.1) is 6.92 Å². The highest BCUT2D eigenvalue weighted by atomic mass is 35.5. The number of benzene rings is 2. The molecular weight excluding hydrogens is 357 g/mol. The van der Waals surface area contributed by atoms with Crippen LogP contribution in [-0.4, -0.2) is 11.1 Å². The molecule has 0 spiro atoms. The summed E-state index contributed by atoms with van der Waals surface area (Å²) < 4.78 is 44.3. The van der Waals surface area contributed by atoms with E-state index < -0.39 is 17.6 Å². The number of rotatable bonds is 3. The Labute approximate surface area is 145 Å². The highest BCUT2D eigenvalue weighted by molar-refractivity contribution is 6.30. The zero-order chi connectivity index (χ0) is 18.2. The first kappa shape index (κ1) is 17.3.